The van der Waals surface area contributed by atoms with Crippen LogP contribution < -0.4 is 10.6 Å². The number of hydrogen-bond acceptors (Lipinski definition) is 6. The van der Waals surface area contributed by atoms with Gasteiger partial charge in [0.05, 0.1) is 17.8 Å². The first kappa shape index (κ1) is 24.3. The lowest BCUT2D eigenvalue weighted by Gasteiger charge is -2.37. The maximum Gasteiger partial charge on any atom is 0.318 e. The van der Waals surface area contributed by atoms with Crippen LogP contribution in [0.2, 0.25) is 5.02 Å². The number of amides is 2. The number of nitrogens with one attached hydrogen (secondary N) is 2. The number of piperidine rings is 1. The average molecular weight is 499 g/mol. The van der Waals surface area contributed by atoms with Gasteiger partial charge in [-0.1, -0.05) is 23.7 Å². The first-order valence-electron chi connectivity index (χ1n) is 12.6. The fourth-order valence-corrected chi connectivity index (χ4v) is 5.64. The van der Waals surface area contributed by atoms with Crippen LogP contribution in [0.3, 0.4) is 0 Å². The first-order valence-corrected chi connectivity index (χ1v) is 13.0. The van der Waals surface area contributed by atoms with Crippen molar-refractivity contribution in [2.45, 2.75) is 70.2 Å². The highest BCUT2D eigenvalue weighted by Crippen LogP contribution is 2.38. The van der Waals surface area contributed by atoms with Gasteiger partial charge >= 0.3 is 6.03 Å². The summed E-state index contributed by atoms with van der Waals surface area (Å²) in [6.07, 6.45) is 5.83. The summed E-state index contributed by atoms with van der Waals surface area (Å²) in [4.78, 5) is 27.0. The third-order valence-corrected chi connectivity index (χ3v) is 7.67. The van der Waals surface area contributed by atoms with Crippen molar-refractivity contribution >= 4 is 23.6 Å². The number of nitrogens with zero attached hydrogens (tertiary/aromatic N) is 4. The molecule has 0 bridgehead atoms. The Labute approximate surface area is 212 Å². The van der Waals surface area contributed by atoms with Crippen LogP contribution in [0.4, 0.5) is 10.7 Å². The Bertz CT molecular complexity index is 1060. The van der Waals surface area contributed by atoms with E-state index in [4.69, 9.17) is 21.3 Å². The van der Waals surface area contributed by atoms with Gasteiger partial charge in [-0.3, -0.25) is 4.90 Å². The van der Waals surface area contributed by atoms with Gasteiger partial charge in [-0.15, -0.1) is 0 Å². The molecule has 35 heavy (non-hydrogen) atoms. The summed E-state index contributed by atoms with van der Waals surface area (Å²) in [6.45, 7) is 8.85. The molecule has 1 aromatic carbocycles. The molecule has 2 aromatic rings. The molecule has 3 aliphatic rings. The maximum atomic E-state index is 13.4. The monoisotopic (exact) mass is 498 g/mol. The second kappa shape index (κ2) is 10.3. The standard InChI is InChI=1S/C26H35ClN6O2/c1-26(2)22-14-28-24(29-20-8-11-35-12-9-20)31-23(22)17-33(26)25(34)30-21-7-4-10-32(16-21)15-18-5-3-6-19(27)13-18/h3,5-6,13-14,20-21H,4,7-12,15-17H2,1-2H3,(H,30,34)(H,28,29,31)/t21-/m1/s1. The Morgan fingerprint density at radius 3 is 2.86 bits per heavy atom. The van der Waals surface area contributed by atoms with Crippen LogP contribution in [0, 0.1) is 0 Å². The summed E-state index contributed by atoms with van der Waals surface area (Å²) in [7, 11) is 0. The molecule has 0 spiro atoms. The van der Waals surface area contributed by atoms with E-state index in [1.54, 1.807) is 0 Å². The molecule has 3 aliphatic heterocycles. The number of halogens is 1. The zero-order valence-corrected chi connectivity index (χ0v) is 21.4. The average Bonchev–Trinajstić information content (AvgIpc) is 3.10. The van der Waals surface area contributed by atoms with E-state index in [0.717, 1.165) is 74.8 Å². The number of ether oxygens (including phenoxy) is 1. The first-order chi connectivity index (χ1) is 16.9. The number of anilines is 1. The van der Waals surface area contributed by atoms with E-state index in [2.05, 4.69) is 40.4 Å². The quantitative estimate of drug-likeness (QED) is 0.644. The molecule has 9 heteroatoms. The fourth-order valence-electron chi connectivity index (χ4n) is 5.42. The van der Waals surface area contributed by atoms with E-state index in [9.17, 15) is 4.79 Å². The lowest BCUT2D eigenvalue weighted by molar-refractivity contribution is 0.0903. The van der Waals surface area contributed by atoms with Gasteiger partial charge in [0.15, 0.2) is 0 Å². The normalized spacial score (nSPS) is 22.6. The minimum atomic E-state index is -0.467. The largest absolute Gasteiger partial charge is 0.381 e. The lowest BCUT2D eigenvalue weighted by Crippen LogP contribution is -2.53. The van der Waals surface area contributed by atoms with Gasteiger partial charge in [0.2, 0.25) is 5.95 Å². The number of likely N-dealkylation sites (tertiary alicyclic amines) is 1. The summed E-state index contributed by atoms with van der Waals surface area (Å²) >= 11 is 6.16. The number of rotatable bonds is 5. The number of hydrogen-bond donors (Lipinski definition) is 2. The molecule has 0 radical (unpaired) electrons. The zero-order valence-electron chi connectivity index (χ0n) is 20.6. The van der Waals surface area contributed by atoms with Crippen molar-refractivity contribution in [1.29, 1.82) is 0 Å². The minimum Gasteiger partial charge on any atom is -0.381 e. The summed E-state index contributed by atoms with van der Waals surface area (Å²) in [5.41, 5.74) is 2.66. The maximum absolute atomic E-state index is 13.4. The predicted octanol–water partition coefficient (Wildman–Crippen LogP) is 4.15. The third-order valence-electron chi connectivity index (χ3n) is 7.44. The Morgan fingerprint density at radius 1 is 1.23 bits per heavy atom. The molecule has 1 atom stereocenters. The van der Waals surface area contributed by atoms with Gasteiger partial charge in [0.25, 0.3) is 0 Å². The van der Waals surface area contributed by atoms with E-state index in [1.807, 2.05) is 29.3 Å². The van der Waals surface area contributed by atoms with Crippen molar-refractivity contribution in [1.82, 2.24) is 25.1 Å². The Morgan fingerprint density at radius 2 is 2.06 bits per heavy atom. The number of carbonyl (C=O) groups is 1. The molecule has 0 aliphatic carbocycles. The summed E-state index contributed by atoms with van der Waals surface area (Å²) < 4.78 is 5.44. The Hall–Kier alpha value is -2.42. The Balaban J connectivity index is 1.20. The minimum absolute atomic E-state index is 0.0402. The fraction of sp³-hybridized carbons (Fsp3) is 0.577. The van der Waals surface area contributed by atoms with Gasteiger partial charge in [-0.2, -0.15) is 0 Å². The van der Waals surface area contributed by atoms with Gasteiger partial charge in [-0.25, -0.2) is 14.8 Å². The number of fused-ring (bicyclic) bond motifs is 1. The van der Waals surface area contributed by atoms with Crippen molar-refractivity contribution in [2.24, 2.45) is 0 Å². The topological polar surface area (TPSA) is 82.6 Å². The third kappa shape index (κ3) is 5.55. The van der Waals surface area contributed by atoms with Crippen molar-refractivity contribution in [3.05, 3.63) is 52.3 Å². The lowest BCUT2D eigenvalue weighted by atomic mass is 9.97. The second-order valence-electron chi connectivity index (χ2n) is 10.4. The molecule has 0 saturated carbocycles. The van der Waals surface area contributed by atoms with Crippen LogP contribution in [0.25, 0.3) is 0 Å². The van der Waals surface area contributed by atoms with Gasteiger partial charge in [0, 0.05) is 55.2 Å². The second-order valence-corrected chi connectivity index (χ2v) is 10.8. The smallest absolute Gasteiger partial charge is 0.318 e. The number of aromatic nitrogens is 2. The van der Waals surface area contributed by atoms with Crippen LogP contribution in [0.1, 0.15) is 56.4 Å². The predicted molar refractivity (Wildman–Crippen MR) is 136 cm³/mol. The van der Waals surface area contributed by atoms with Gasteiger partial charge in [-0.05, 0) is 63.8 Å². The molecule has 2 saturated heterocycles. The molecule has 8 nitrogen and oxygen atoms in total. The van der Waals surface area contributed by atoms with Crippen LogP contribution in [0.5, 0.6) is 0 Å². The van der Waals surface area contributed by atoms with Crippen LogP contribution >= 0.6 is 11.6 Å². The van der Waals surface area contributed by atoms with Crippen LogP contribution in [0.15, 0.2) is 30.5 Å². The molecular formula is C26H35ClN6O2. The van der Waals surface area contributed by atoms with Crippen molar-refractivity contribution in [2.75, 3.05) is 31.6 Å². The molecule has 0 unspecified atom stereocenters. The van der Waals surface area contributed by atoms with E-state index >= 15 is 0 Å². The van der Waals surface area contributed by atoms with Crippen LogP contribution in [-0.4, -0.2) is 64.2 Å². The van der Waals surface area contributed by atoms with E-state index in [0.29, 0.717) is 18.5 Å². The van der Waals surface area contributed by atoms with E-state index < -0.39 is 5.54 Å². The molecule has 4 heterocycles. The molecule has 5 rings (SSSR count). The Kier molecular flexibility index (Phi) is 7.14. The SMILES string of the molecule is CC1(C)c2cnc(NC3CCOCC3)nc2CN1C(=O)N[C@@H]1CCCN(Cc2cccc(Cl)c2)C1. The molecule has 2 N–H and O–H groups in total. The van der Waals surface area contributed by atoms with Gasteiger partial charge in [0.1, 0.15) is 0 Å². The van der Waals surface area contributed by atoms with Crippen molar-refractivity contribution in [3.63, 3.8) is 0 Å². The molecule has 2 fully saturated rings. The summed E-state index contributed by atoms with van der Waals surface area (Å²) in [6, 6.07) is 8.41. The molecule has 1 aromatic heterocycles. The summed E-state index contributed by atoms with van der Waals surface area (Å²) in [5.74, 6) is 0.637. The molecular weight excluding hydrogens is 464 g/mol. The molecule has 2 amide bonds. The highest BCUT2D eigenvalue weighted by atomic mass is 35.5. The van der Waals surface area contributed by atoms with Crippen molar-refractivity contribution in [3.8, 4) is 0 Å². The number of carbonyl (C=O) groups excluding carboxylic acids is 1. The van der Waals surface area contributed by atoms with E-state index in [-0.39, 0.29) is 12.1 Å². The summed E-state index contributed by atoms with van der Waals surface area (Å²) in [5, 5.41) is 7.50. The highest BCUT2D eigenvalue weighted by Gasteiger charge is 2.42. The molecule has 188 valence electrons. The zero-order chi connectivity index (χ0) is 24.4. The highest BCUT2D eigenvalue weighted by molar-refractivity contribution is 6.30. The number of urea groups is 1. The van der Waals surface area contributed by atoms with E-state index in [1.165, 1.54) is 5.56 Å². The van der Waals surface area contributed by atoms with Crippen molar-refractivity contribution < 1.29 is 9.53 Å². The van der Waals surface area contributed by atoms with Gasteiger partial charge < -0.3 is 20.3 Å². The van der Waals surface area contributed by atoms with Crippen LogP contribution in [-0.2, 0) is 23.4 Å². The number of benzene rings is 1.